The molecule has 2 aliphatic rings. The lowest BCUT2D eigenvalue weighted by atomic mass is 9.92. The van der Waals surface area contributed by atoms with E-state index in [4.69, 9.17) is 0 Å². The van der Waals surface area contributed by atoms with Crippen LogP contribution in [0.1, 0.15) is 23.1 Å². The number of amides is 2. The number of anilines is 1. The molecule has 4 heterocycles. The summed E-state index contributed by atoms with van der Waals surface area (Å²) in [6.07, 6.45) is 4.30. The molecule has 0 N–H and O–H groups in total. The normalized spacial score (nSPS) is 23.4. The van der Waals surface area contributed by atoms with Crippen LogP contribution >= 0.6 is 11.3 Å². The summed E-state index contributed by atoms with van der Waals surface area (Å²) in [4.78, 5) is 37.9. The van der Waals surface area contributed by atoms with Crippen LogP contribution in [0.4, 0.5) is 5.69 Å². The first-order valence-corrected chi connectivity index (χ1v) is 10.0. The zero-order chi connectivity index (χ0) is 19.0. The molecule has 2 fully saturated rings. The van der Waals surface area contributed by atoms with Crippen molar-refractivity contribution in [3.8, 4) is 0 Å². The van der Waals surface area contributed by atoms with Gasteiger partial charge >= 0.3 is 0 Å². The molecule has 4 rings (SSSR count). The lowest BCUT2D eigenvalue weighted by Crippen LogP contribution is -2.66. The molecule has 27 heavy (non-hydrogen) atoms. The smallest absolute Gasteiger partial charge is 0.246 e. The minimum absolute atomic E-state index is 0.0250. The second-order valence-corrected chi connectivity index (χ2v) is 8.87. The maximum absolute atomic E-state index is 12.7. The Morgan fingerprint density at radius 3 is 2.81 bits per heavy atom. The first kappa shape index (κ1) is 18.1. The summed E-state index contributed by atoms with van der Waals surface area (Å²) in [6, 6.07) is 8.08. The van der Waals surface area contributed by atoms with E-state index >= 15 is 0 Å². The van der Waals surface area contributed by atoms with E-state index in [0.29, 0.717) is 6.54 Å². The Bertz CT molecular complexity index is 853. The van der Waals surface area contributed by atoms with Gasteiger partial charge in [0.2, 0.25) is 11.8 Å². The van der Waals surface area contributed by atoms with Gasteiger partial charge in [0.1, 0.15) is 6.54 Å². The molecule has 0 radical (unpaired) electrons. The van der Waals surface area contributed by atoms with Crippen molar-refractivity contribution in [3.05, 3.63) is 46.4 Å². The maximum Gasteiger partial charge on any atom is 0.246 e. The Morgan fingerprint density at radius 1 is 1.30 bits per heavy atom. The molecule has 2 amide bonds. The van der Waals surface area contributed by atoms with Crippen molar-refractivity contribution in [3.63, 3.8) is 0 Å². The monoisotopic (exact) mass is 384 g/mol. The molecule has 0 aromatic carbocycles. The van der Waals surface area contributed by atoms with E-state index in [1.807, 2.05) is 23.5 Å². The van der Waals surface area contributed by atoms with Gasteiger partial charge in [0.15, 0.2) is 0 Å². The highest BCUT2D eigenvalue weighted by Gasteiger charge is 2.50. The van der Waals surface area contributed by atoms with Crippen LogP contribution in [0.15, 0.2) is 36.7 Å². The summed E-state index contributed by atoms with van der Waals surface area (Å²) in [6.45, 7) is 6.96. The van der Waals surface area contributed by atoms with Crippen LogP contribution in [0.5, 0.6) is 0 Å². The van der Waals surface area contributed by atoms with Crippen molar-refractivity contribution in [2.45, 2.75) is 32.4 Å². The van der Waals surface area contributed by atoms with Gasteiger partial charge in [0.25, 0.3) is 0 Å². The Hall–Kier alpha value is -2.25. The van der Waals surface area contributed by atoms with Gasteiger partial charge in [-0.15, -0.1) is 11.3 Å². The Kier molecular flexibility index (Phi) is 4.74. The van der Waals surface area contributed by atoms with E-state index in [1.165, 1.54) is 9.75 Å². The number of nitrogens with zero attached hydrogens (tertiary/aromatic N) is 4. The van der Waals surface area contributed by atoms with Gasteiger partial charge in [-0.2, -0.15) is 0 Å². The Morgan fingerprint density at radius 2 is 2.15 bits per heavy atom. The highest BCUT2D eigenvalue weighted by molar-refractivity contribution is 7.11. The molecule has 7 heteroatoms. The van der Waals surface area contributed by atoms with Crippen molar-refractivity contribution >= 4 is 28.8 Å². The zero-order valence-electron chi connectivity index (χ0n) is 15.7. The number of piperazine rings is 1. The molecule has 2 saturated heterocycles. The highest BCUT2D eigenvalue weighted by atomic mass is 32.1. The molecule has 0 saturated carbocycles. The molecular formula is C20H24N4O2S. The minimum Gasteiger partial charge on any atom is -0.325 e. The number of carbonyl (C=O) groups is 2. The quantitative estimate of drug-likeness (QED) is 0.815. The van der Waals surface area contributed by atoms with Crippen molar-refractivity contribution in [1.29, 1.82) is 0 Å². The van der Waals surface area contributed by atoms with E-state index in [9.17, 15) is 9.59 Å². The zero-order valence-corrected chi connectivity index (χ0v) is 16.5. The summed E-state index contributed by atoms with van der Waals surface area (Å²) in [5.74, 6) is -0.0702. The molecular weight excluding hydrogens is 360 g/mol. The predicted octanol–water partition coefficient (Wildman–Crippen LogP) is 2.29. The third kappa shape index (κ3) is 3.49. The molecule has 142 valence electrons. The molecule has 0 bridgehead atoms. The standard InChI is InChI=1S/C20H24N4O2S/c1-15-5-6-18(27-15)11-22-9-7-20(13-22)14-23(17-4-3-8-21-10-17)19(26)12-24(20)16(2)25/h3-6,8,10H,7,9,11-14H2,1-2H3/t20-/m0/s1. The van der Waals surface area contributed by atoms with Crippen LogP contribution in [-0.4, -0.2) is 58.3 Å². The number of thiophene rings is 1. The minimum atomic E-state index is -0.331. The van der Waals surface area contributed by atoms with Crippen LogP contribution in [0.25, 0.3) is 0 Å². The number of aryl methyl sites for hydroxylation is 1. The van der Waals surface area contributed by atoms with E-state index < -0.39 is 0 Å². The molecule has 2 aromatic heterocycles. The summed E-state index contributed by atoms with van der Waals surface area (Å²) < 4.78 is 0. The van der Waals surface area contributed by atoms with E-state index in [0.717, 1.165) is 31.7 Å². The summed E-state index contributed by atoms with van der Waals surface area (Å²) in [5, 5.41) is 0. The van der Waals surface area contributed by atoms with Crippen molar-refractivity contribution in [2.24, 2.45) is 0 Å². The number of aromatic nitrogens is 1. The van der Waals surface area contributed by atoms with Gasteiger partial charge in [-0.25, -0.2) is 0 Å². The number of hydrogen-bond acceptors (Lipinski definition) is 5. The fraction of sp³-hybridized carbons (Fsp3) is 0.450. The van der Waals surface area contributed by atoms with Gasteiger partial charge in [0.05, 0.1) is 24.0 Å². The molecule has 6 nitrogen and oxygen atoms in total. The van der Waals surface area contributed by atoms with Gasteiger partial charge < -0.3 is 9.80 Å². The third-order valence-electron chi connectivity index (χ3n) is 5.54. The second kappa shape index (κ2) is 7.05. The highest BCUT2D eigenvalue weighted by Crippen LogP contribution is 2.35. The fourth-order valence-electron chi connectivity index (χ4n) is 4.27. The van der Waals surface area contributed by atoms with E-state index in [1.54, 1.807) is 29.1 Å². The van der Waals surface area contributed by atoms with Crippen molar-refractivity contribution < 1.29 is 9.59 Å². The molecule has 0 aliphatic carbocycles. The Labute approximate surface area is 163 Å². The van der Waals surface area contributed by atoms with Crippen molar-refractivity contribution in [2.75, 3.05) is 31.1 Å². The van der Waals surface area contributed by atoms with Gasteiger partial charge in [-0.3, -0.25) is 19.5 Å². The first-order valence-electron chi connectivity index (χ1n) is 9.23. The molecule has 1 spiro atoms. The molecule has 2 aliphatic heterocycles. The topological polar surface area (TPSA) is 56.8 Å². The van der Waals surface area contributed by atoms with E-state index in [2.05, 4.69) is 28.9 Å². The van der Waals surface area contributed by atoms with Crippen molar-refractivity contribution in [1.82, 2.24) is 14.8 Å². The summed E-state index contributed by atoms with van der Waals surface area (Å²) in [7, 11) is 0. The molecule has 1 atom stereocenters. The average Bonchev–Trinajstić information content (AvgIpc) is 3.24. The number of pyridine rings is 1. The van der Waals surface area contributed by atoms with Gasteiger partial charge in [-0.05, 0) is 37.6 Å². The molecule has 0 unspecified atom stereocenters. The number of carbonyl (C=O) groups excluding carboxylic acids is 2. The third-order valence-corrected chi connectivity index (χ3v) is 6.53. The fourth-order valence-corrected chi connectivity index (χ4v) is 5.20. The van der Waals surface area contributed by atoms with Crippen LogP contribution < -0.4 is 4.90 Å². The van der Waals surface area contributed by atoms with Crippen LogP contribution in [0.3, 0.4) is 0 Å². The number of hydrogen-bond donors (Lipinski definition) is 0. The van der Waals surface area contributed by atoms with Gasteiger partial charge in [-0.1, -0.05) is 0 Å². The summed E-state index contributed by atoms with van der Waals surface area (Å²) in [5.41, 5.74) is 0.472. The lowest BCUT2D eigenvalue weighted by molar-refractivity contribution is -0.142. The number of likely N-dealkylation sites (tertiary alicyclic amines) is 1. The SMILES string of the molecule is CC(=O)N1CC(=O)N(c2cccnc2)C[C@@]12CCN(Cc1ccc(C)s1)C2. The first-order chi connectivity index (χ1) is 13.0. The van der Waals surface area contributed by atoms with Gasteiger partial charge in [0, 0.05) is 42.5 Å². The predicted molar refractivity (Wildman–Crippen MR) is 106 cm³/mol. The Balaban J connectivity index is 1.58. The average molecular weight is 385 g/mol. The summed E-state index contributed by atoms with van der Waals surface area (Å²) >= 11 is 1.82. The maximum atomic E-state index is 12.7. The van der Waals surface area contributed by atoms with Crippen LogP contribution in [-0.2, 0) is 16.1 Å². The molecule has 2 aromatic rings. The number of rotatable bonds is 3. The van der Waals surface area contributed by atoms with E-state index in [-0.39, 0.29) is 23.9 Å². The second-order valence-electron chi connectivity index (χ2n) is 7.49. The largest absolute Gasteiger partial charge is 0.325 e. The lowest BCUT2D eigenvalue weighted by Gasteiger charge is -2.48. The van der Waals surface area contributed by atoms with Crippen LogP contribution in [0, 0.1) is 6.92 Å². The van der Waals surface area contributed by atoms with Crippen LogP contribution in [0.2, 0.25) is 0 Å².